The third-order valence-corrected chi connectivity index (χ3v) is 4.48. The SMILES string of the molecule is CC[C@@H](O)[C@@H](C)C(=O)[C@H](C)[C@H](O)[C@H](C)COCc1ccccc1. The predicted octanol–water partition coefficient (Wildman–Crippen LogP) is 2.81. The van der Waals surface area contributed by atoms with Crippen LogP contribution in [0.2, 0.25) is 0 Å². The number of rotatable bonds is 10. The molecule has 0 fully saturated rings. The summed E-state index contributed by atoms with van der Waals surface area (Å²) in [5.74, 6) is -1.21. The Kier molecular flexibility index (Phi) is 8.45. The Morgan fingerprint density at radius 1 is 1.09 bits per heavy atom. The lowest BCUT2D eigenvalue weighted by Gasteiger charge is -2.27. The Morgan fingerprint density at radius 2 is 1.70 bits per heavy atom. The van der Waals surface area contributed by atoms with Crippen LogP contribution in [0.4, 0.5) is 0 Å². The largest absolute Gasteiger partial charge is 0.392 e. The van der Waals surface area contributed by atoms with Gasteiger partial charge in [-0.1, -0.05) is 58.0 Å². The molecule has 0 aliphatic carbocycles. The summed E-state index contributed by atoms with van der Waals surface area (Å²) in [6, 6.07) is 9.84. The van der Waals surface area contributed by atoms with Gasteiger partial charge in [0.15, 0.2) is 0 Å². The van der Waals surface area contributed by atoms with Gasteiger partial charge in [0.1, 0.15) is 5.78 Å². The number of benzene rings is 1. The number of aliphatic hydroxyl groups excluding tert-OH is 2. The van der Waals surface area contributed by atoms with Crippen molar-refractivity contribution < 1.29 is 19.7 Å². The molecule has 0 aromatic heterocycles. The number of carbonyl (C=O) groups is 1. The number of ether oxygens (including phenoxy) is 1. The molecule has 0 radical (unpaired) electrons. The van der Waals surface area contributed by atoms with Crippen LogP contribution in [0.1, 0.15) is 39.7 Å². The molecule has 0 aliphatic heterocycles. The topological polar surface area (TPSA) is 66.8 Å². The van der Waals surface area contributed by atoms with Gasteiger partial charge >= 0.3 is 0 Å². The van der Waals surface area contributed by atoms with E-state index in [9.17, 15) is 15.0 Å². The molecule has 4 heteroatoms. The number of ketones is 1. The molecule has 0 saturated heterocycles. The fourth-order valence-corrected chi connectivity index (χ4v) is 2.65. The molecule has 0 saturated carbocycles. The molecule has 1 aromatic rings. The fourth-order valence-electron chi connectivity index (χ4n) is 2.65. The van der Waals surface area contributed by atoms with Crippen molar-refractivity contribution in [2.24, 2.45) is 17.8 Å². The highest BCUT2D eigenvalue weighted by Gasteiger charge is 2.32. The molecule has 1 aromatic carbocycles. The molecule has 0 amide bonds. The lowest BCUT2D eigenvalue weighted by molar-refractivity contribution is -0.134. The summed E-state index contributed by atoms with van der Waals surface area (Å²) in [6.45, 7) is 8.04. The summed E-state index contributed by atoms with van der Waals surface area (Å²) in [7, 11) is 0. The maximum atomic E-state index is 12.3. The molecule has 5 atom stereocenters. The first-order valence-corrected chi connectivity index (χ1v) is 8.40. The van der Waals surface area contributed by atoms with Crippen molar-refractivity contribution in [1.82, 2.24) is 0 Å². The van der Waals surface area contributed by atoms with E-state index in [4.69, 9.17) is 4.74 Å². The number of aliphatic hydroxyl groups is 2. The van der Waals surface area contributed by atoms with Crippen molar-refractivity contribution in [3.05, 3.63) is 35.9 Å². The van der Waals surface area contributed by atoms with Gasteiger partial charge in [0.05, 0.1) is 25.4 Å². The van der Waals surface area contributed by atoms with E-state index in [1.807, 2.05) is 44.2 Å². The maximum Gasteiger partial charge on any atom is 0.143 e. The lowest BCUT2D eigenvalue weighted by atomic mass is 9.83. The van der Waals surface area contributed by atoms with E-state index in [-0.39, 0.29) is 11.7 Å². The molecule has 0 heterocycles. The zero-order valence-corrected chi connectivity index (χ0v) is 14.6. The van der Waals surface area contributed by atoms with E-state index in [1.54, 1.807) is 13.8 Å². The molecule has 0 spiro atoms. The minimum atomic E-state index is -0.773. The fraction of sp³-hybridized carbons (Fsp3) is 0.632. The van der Waals surface area contributed by atoms with Crippen molar-refractivity contribution in [3.63, 3.8) is 0 Å². The van der Waals surface area contributed by atoms with E-state index >= 15 is 0 Å². The lowest BCUT2D eigenvalue weighted by Crippen LogP contribution is -2.38. The van der Waals surface area contributed by atoms with Gasteiger partial charge in [-0.15, -0.1) is 0 Å². The molecular weight excluding hydrogens is 292 g/mol. The van der Waals surface area contributed by atoms with E-state index in [2.05, 4.69) is 0 Å². The van der Waals surface area contributed by atoms with Crippen molar-refractivity contribution in [2.75, 3.05) is 6.61 Å². The second-order valence-corrected chi connectivity index (χ2v) is 6.42. The van der Waals surface area contributed by atoms with Crippen molar-refractivity contribution in [3.8, 4) is 0 Å². The molecule has 130 valence electrons. The molecule has 0 unspecified atom stereocenters. The van der Waals surface area contributed by atoms with Gasteiger partial charge in [-0.3, -0.25) is 4.79 Å². The third kappa shape index (κ3) is 6.05. The number of Topliss-reactive ketones (excluding diaryl/α,β-unsaturated/α-hetero) is 1. The smallest absolute Gasteiger partial charge is 0.143 e. The van der Waals surface area contributed by atoms with Crippen molar-refractivity contribution in [1.29, 1.82) is 0 Å². The average molecular weight is 322 g/mol. The molecule has 1 rings (SSSR count). The van der Waals surface area contributed by atoms with E-state index in [0.717, 1.165) is 5.56 Å². The Balaban J connectivity index is 2.45. The van der Waals surface area contributed by atoms with Crippen LogP contribution < -0.4 is 0 Å². The van der Waals surface area contributed by atoms with Crippen LogP contribution in [0.15, 0.2) is 30.3 Å². The van der Waals surface area contributed by atoms with Crippen LogP contribution >= 0.6 is 0 Å². The third-order valence-electron chi connectivity index (χ3n) is 4.48. The average Bonchev–Trinajstić information content (AvgIpc) is 2.59. The van der Waals surface area contributed by atoms with Gasteiger partial charge in [0.25, 0.3) is 0 Å². The first kappa shape index (κ1) is 19.8. The van der Waals surface area contributed by atoms with Crippen LogP contribution in [0.25, 0.3) is 0 Å². The minimum Gasteiger partial charge on any atom is -0.392 e. The zero-order valence-electron chi connectivity index (χ0n) is 14.6. The monoisotopic (exact) mass is 322 g/mol. The first-order valence-electron chi connectivity index (χ1n) is 8.40. The van der Waals surface area contributed by atoms with E-state index in [1.165, 1.54) is 0 Å². The van der Waals surface area contributed by atoms with Gasteiger partial charge in [0, 0.05) is 17.8 Å². The first-order chi connectivity index (χ1) is 10.9. The van der Waals surface area contributed by atoms with Gasteiger partial charge in [-0.2, -0.15) is 0 Å². The van der Waals surface area contributed by atoms with Gasteiger partial charge in [-0.05, 0) is 12.0 Å². The molecule has 0 aliphatic rings. The van der Waals surface area contributed by atoms with Crippen molar-refractivity contribution >= 4 is 5.78 Å². The summed E-state index contributed by atoms with van der Waals surface area (Å²) in [5.41, 5.74) is 1.08. The Hall–Kier alpha value is -1.23. The summed E-state index contributed by atoms with van der Waals surface area (Å²) < 4.78 is 5.64. The van der Waals surface area contributed by atoms with E-state index < -0.39 is 24.0 Å². The molecule has 23 heavy (non-hydrogen) atoms. The summed E-state index contributed by atoms with van der Waals surface area (Å²) in [5, 5.41) is 20.2. The van der Waals surface area contributed by atoms with Gasteiger partial charge < -0.3 is 14.9 Å². The van der Waals surface area contributed by atoms with Crippen LogP contribution in [0.3, 0.4) is 0 Å². The quantitative estimate of drug-likeness (QED) is 0.695. The summed E-state index contributed by atoms with van der Waals surface area (Å²) >= 11 is 0. The second-order valence-electron chi connectivity index (χ2n) is 6.42. The highest BCUT2D eigenvalue weighted by atomic mass is 16.5. The minimum absolute atomic E-state index is 0.0956. The van der Waals surface area contributed by atoms with Crippen LogP contribution in [0, 0.1) is 17.8 Å². The molecule has 4 nitrogen and oxygen atoms in total. The van der Waals surface area contributed by atoms with Gasteiger partial charge in [0.2, 0.25) is 0 Å². The standard InChI is InChI=1S/C19H30O4/c1-5-17(20)14(3)19(22)15(4)18(21)13(2)11-23-12-16-9-7-6-8-10-16/h6-10,13-15,17-18,20-21H,5,11-12H2,1-4H3/t13-,14-,15-,17-,18-/m1/s1. The van der Waals surface area contributed by atoms with Crippen molar-refractivity contribution in [2.45, 2.75) is 52.9 Å². The Morgan fingerprint density at radius 3 is 2.26 bits per heavy atom. The maximum absolute atomic E-state index is 12.3. The predicted molar refractivity (Wildman–Crippen MR) is 90.9 cm³/mol. The van der Waals surface area contributed by atoms with Crippen LogP contribution in [-0.4, -0.2) is 34.8 Å². The molecule has 0 bridgehead atoms. The molecular formula is C19H30O4. The zero-order chi connectivity index (χ0) is 17.4. The van der Waals surface area contributed by atoms with Gasteiger partial charge in [-0.25, -0.2) is 0 Å². The highest BCUT2D eigenvalue weighted by molar-refractivity contribution is 5.83. The van der Waals surface area contributed by atoms with E-state index in [0.29, 0.717) is 19.6 Å². The number of carbonyl (C=O) groups excluding carboxylic acids is 1. The Labute approximate surface area is 139 Å². The normalized spacial score (nSPS) is 18.0. The van der Waals surface area contributed by atoms with Crippen LogP contribution in [0.5, 0.6) is 0 Å². The van der Waals surface area contributed by atoms with Crippen LogP contribution in [-0.2, 0) is 16.1 Å². The summed E-state index contributed by atoms with van der Waals surface area (Å²) in [4.78, 5) is 12.3. The Bertz CT molecular complexity index is 460. The second kappa shape index (κ2) is 9.81. The molecule has 2 N–H and O–H groups in total. The summed E-state index contributed by atoms with van der Waals surface area (Å²) in [6.07, 6.45) is -0.891. The number of hydrogen-bond donors (Lipinski definition) is 2. The highest BCUT2D eigenvalue weighted by Crippen LogP contribution is 2.21. The number of hydrogen-bond acceptors (Lipinski definition) is 4.